The quantitative estimate of drug-likeness (QED) is 0.697. The van der Waals surface area contributed by atoms with Crippen molar-refractivity contribution in [2.75, 3.05) is 13.7 Å². The van der Waals surface area contributed by atoms with Gasteiger partial charge in [0, 0.05) is 20.6 Å². The molecule has 1 aromatic rings. The van der Waals surface area contributed by atoms with Gasteiger partial charge in [-0.1, -0.05) is 0 Å². The lowest BCUT2D eigenvalue weighted by molar-refractivity contribution is 0.201. The lowest BCUT2D eigenvalue weighted by Gasteiger charge is -1.93. The Morgan fingerprint density at radius 3 is 2.92 bits per heavy atom. The summed E-state index contributed by atoms with van der Waals surface area (Å²) >= 11 is 0. The molecule has 0 atom stereocenters. The molecule has 4 nitrogen and oxygen atoms in total. The molecule has 0 unspecified atom stereocenters. The number of aromatic nitrogens is 2. The van der Waals surface area contributed by atoms with Crippen molar-refractivity contribution in [3.8, 4) is 0 Å². The first-order valence-corrected chi connectivity index (χ1v) is 3.89. The number of methoxy groups -OCH3 is 1. The van der Waals surface area contributed by atoms with E-state index in [1.165, 1.54) is 0 Å². The second-order valence-electron chi connectivity index (χ2n) is 2.65. The molecule has 0 aliphatic heterocycles. The third-order valence-corrected chi connectivity index (χ3v) is 1.75. The van der Waals surface area contributed by atoms with Gasteiger partial charge in [0.2, 0.25) is 0 Å². The molecule has 12 heavy (non-hydrogen) atoms. The first kappa shape index (κ1) is 9.22. The van der Waals surface area contributed by atoms with E-state index in [-0.39, 0.29) is 6.61 Å². The smallest absolute Gasteiger partial charge is 0.0849 e. The molecule has 0 fully saturated rings. The van der Waals surface area contributed by atoms with Crippen molar-refractivity contribution in [2.45, 2.75) is 13.0 Å². The number of ether oxygens (including phenoxy) is 1. The van der Waals surface area contributed by atoms with Crippen LogP contribution in [0.2, 0.25) is 0 Å². The number of aryl methyl sites for hydroxylation is 1. The van der Waals surface area contributed by atoms with E-state index >= 15 is 0 Å². The normalized spacial score (nSPS) is 10.6. The molecule has 0 spiro atoms. The summed E-state index contributed by atoms with van der Waals surface area (Å²) in [6, 6.07) is 1.89. The summed E-state index contributed by atoms with van der Waals surface area (Å²) in [6.45, 7) is 0.707. The van der Waals surface area contributed by atoms with Crippen molar-refractivity contribution >= 4 is 0 Å². The summed E-state index contributed by atoms with van der Waals surface area (Å²) < 4.78 is 6.60. The third kappa shape index (κ3) is 2.06. The zero-order valence-electron chi connectivity index (χ0n) is 7.45. The van der Waals surface area contributed by atoms with E-state index in [1.54, 1.807) is 11.8 Å². The standard InChI is InChI=1S/C8H14N2O2/c1-10-8(6-11)5-7(9-10)3-4-12-2/h5,11H,3-4,6H2,1-2H3. The minimum absolute atomic E-state index is 0.0382. The largest absolute Gasteiger partial charge is 0.390 e. The van der Waals surface area contributed by atoms with Crippen LogP contribution in [0.5, 0.6) is 0 Å². The second kappa shape index (κ2) is 4.23. The van der Waals surface area contributed by atoms with Gasteiger partial charge in [-0.05, 0) is 6.07 Å². The molecular formula is C8H14N2O2. The molecule has 0 saturated heterocycles. The van der Waals surface area contributed by atoms with Gasteiger partial charge < -0.3 is 9.84 Å². The van der Waals surface area contributed by atoms with Gasteiger partial charge in [-0.2, -0.15) is 5.10 Å². The van der Waals surface area contributed by atoms with Crippen molar-refractivity contribution in [3.05, 3.63) is 17.5 Å². The van der Waals surface area contributed by atoms with Crippen molar-refractivity contribution in [3.63, 3.8) is 0 Å². The van der Waals surface area contributed by atoms with Crippen LogP contribution in [0.3, 0.4) is 0 Å². The summed E-state index contributed by atoms with van der Waals surface area (Å²) in [5.41, 5.74) is 1.80. The Kier molecular flexibility index (Phi) is 3.25. The molecule has 1 N–H and O–H groups in total. The van der Waals surface area contributed by atoms with Crippen LogP contribution < -0.4 is 0 Å². The van der Waals surface area contributed by atoms with Gasteiger partial charge in [0.15, 0.2) is 0 Å². The lowest BCUT2D eigenvalue weighted by atomic mass is 10.3. The molecule has 1 aromatic heterocycles. The third-order valence-electron chi connectivity index (χ3n) is 1.75. The Morgan fingerprint density at radius 2 is 2.42 bits per heavy atom. The van der Waals surface area contributed by atoms with E-state index in [4.69, 9.17) is 9.84 Å². The van der Waals surface area contributed by atoms with E-state index in [2.05, 4.69) is 5.10 Å². The second-order valence-corrected chi connectivity index (χ2v) is 2.65. The average Bonchev–Trinajstić information content (AvgIpc) is 2.43. The summed E-state index contributed by atoms with van der Waals surface area (Å²) in [7, 11) is 3.48. The van der Waals surface area contributed by atoms with Gasteiger partial charge in [0.05, 0.1) is 24.6 Å². The highest BCUT2D eigenvalue weighted by atomic mass is 16.5. The molecule has 0 aliphatic carbocycles. The molecule has 0 radical (unpaired) electrons. The molecule has 1 rings (SSSR count). The zero-order valence-corrected chi connectivity index (χ0v) is 7.45. The number of rotatable bonds is 4. The van der Waals surface area contributed by atoms with E-state index in [1.807, 2.05) is 13.1 Å². The highest BCUT2D eigenvalue weighted by molar-refractivity contribution is 5.09. The average molecular weight is 170 g/mol. The zero-order chi connectivity index (χ0) is 8.97. The maximum Gasteiger partial charge on any atom is 0.0849 e. The van der Waals surface area contributed by atoms with Crippen molar-refractivity contribution in [1.29, 1.82) is 0 Å². The SMILES string of the molecule is COCCc1cc(CO)n(C)n1. The minimum Gasteiger partial charge on any atom is -0.390 e. The molecule has 1 heterocycles. The maximum atomic E-state index is 8.87. The number of aliphatic hydroxyl groups is 1. The summed E-state index contributed by atoms with van der Waals surface area (Å²) in [6.07, 6.45) is 0.796. The molecule has 0 bridgehead atoms. The van der Waals surface area contributed by atoms with Gasteiger partial charge in [-0.15, -0.1) is 0 Å². The minimum atomic E-state index is 0.0382. The van der Waals surface area contributed by atoms with Gasteiger partial charge >= 0.3 is 0 Å². The predicted octanol–water partition coefficient (Wildman–Crippen LogP) is 0.101. The monoisotopic (exact) mass is 170 g/mol. The number of aliphatic hydroxyl groups excluding tert-OH is 1. The Labute approximate surface area is 71.8 Å². The van der Waals surface area contributed by atoms with Crippen LogP contribution in [-0.4, -0.2) is 28.6 Å². The van der Waals surface area contributed by atoms with E-state index < -0.39 is 0 Å². The topological polar surface area (TPSA) is 47.3 Å². The van der Waals surface area contributed by atoms with Crippen LogP contribution in [-0.2, 0) is 24.8 Å². The Morgan fingerprint density at radius 1 is 1.67 bits per heavy atom. The molecule has 0 saturated carbocycles. The van der Waals surface area contributed by atoms with E-state index in [0.29, 0.717) is 6.61 Å². The van der Waals surface area contributed by atoms with Crippen LogP contribution in [0.1, 0.15) is 11.4 Å². The fraction of sp³-hybridized carbons (Fsp3) is 0.625. The van der Waals surface area contributed by atoms with Crippen LogP contribution >= 0.6 is 0 Å². The number of hydrogen-bond acceptors (Lipinski definition) is 3. The highest BCUT2D eigenvalue weighted by Crippen LogP contribution is 2.03. The van der Waals surface area contributed by atoms with Gasteiger partial charge in [0.1, 0.15) is 0 Å². The maximum absolute atomic E-state index is 8.87. The van der Waals surface area contributed by atoms with Gasteiger partial charge in [-0.3, -0.25) is 4.68 Å². The van der Waals surface area contributed by atoms with Crippen molar-refractivity contribution < 1.29 is 9.84 Å². The van der Waals surface area contributed by atoms with Crippen molar-refractivity contribution in [1.82, 2.24) is 9.78 Å². The molecule has 0 aromatic carbocycles. The lowest BCUT2D eigenvalue weighted by Crippen LogP contribution is -1.98. The van der Waals surface area contributed by atoms with Gasteiger partial charge in [0.25, 0.3) is 0 Å². The van der Waals surface area contributed by atoms with E-state index in [9.17, 15) is 0 Å². The molecular weight excluding hydrogens is 156 g/mol. The summed E-state index contributed by atoms with van der Waals surface area (Å²) in [5, 5.41) is 13.1. The van der Waals surface area contributed by atoms with Crippen LogP contribution in [0.4, 0.5) is 0 Å². The fourth-order valence-electron chi connectivity index (χ4n) is 1.05. The predicted molar refractivity (Wildman–Crippen MR) is 44.7 cm³/mol. The van der Waals surface area contributed by atoms with Crippen LogP contribution in [0.25, 0.3) is 0 Å². The van der Waals surface area contributed by atoms with Crippen molar-refractivity contribution in [2.24, 2.45) is 7.05 Å². The summed E-state index contributed by atoms with van der Waals surface area (Å²) in [5.74, 6) is 0. The Hall–Kier alpha value is -0.870. The Balaban J connectivity index is 2.62. The molecule has 4 heteroatoms. The van der Waals surface area contributed by atoms with Crippen LogP contribution in [0, 0.1) is 0 Å². The molecule has 68 valence electrons. The first-order chi connectivity index (χ1) is 5.77. The van der Waals surface area contributed by atoms with E-state index in [0.717, 1.165) is 17.8 Å². The first-order valence-electron chi connectivity index (χ1n) is 3.89. The highest BCUT2D eigenvalue weighted by Gasteiger charge is 2.02. The molecule has 0 aliphatic rings. The fourth-order valence-corrected chi connectivity index (χ4v) is 1.05. The Bertz CT molecular complexity index is 245. The van der Waals surface area contributed by atoms with Crippen LogP contribution in [0.15, 0.2) is 6.07 Å². The van der Waals surface area contributed by atoms with Gasteiger partial charge in [-0.25, -0.2) is 0 Å². The summed E-state index contributed by atoms with van der Waals surface area (Å²) in [4.78, 5) is 0. The number of hydrogen-bond donors (Lipinski definition) is 1. The number of nitrogens with zero attached hydrogens (tertiary/aromatic N) is 2. The molecule has 0 amide bonds.